The van der Waals surface area contributed by atoms with E-state index in [0.29, 0.717) is 0 Å². The topological polar surface area (TPSA) is 35.0 Å². The Bertz CT molecular complexity index is 250. The Kier molecular flexibility index (Phi) is 3.75. The molecule has 0 radical (unpaired) electrons. The maximum atomic E-state index is 6.16. The summed E-state index contributed by atoms with van der Waals surface area (Å²) in [5.41, 5.74) is 2.47. The van der Waals surface area contributed by atoms with E-state index in [1.165, 1.54) is 11.1 Å². The van der Waals surface area contributed by atoms with Crippen molar-refractivity contribution in [3.05, 3.63) is 35.4 Å². The van der Waals surface area contributed by atoms with Crippen molar-refractivity contribution in [1.82, 2.24) is 6.15 Å². The quantitative estimate of drug-likeness (QED) is 0.667. The minimum atomic E-state index is -0.245. The average Bonchev–Trinajstić information content (AvgIpc) is 1.86. The molecule has 0 aromatic heterocycles. The van der Waals surface area contributed by atoms with Gasteiger partial charge in [0.15, 0.2) is 0 Å². The van der Waals surface area contributed by atoms with E-state index in [1.807, 2.05) is 26.0 Å². The van der Waals surface area contributed by atoms with Gasteiger partial charge in [-0.1, -0.05) is 24.3 Å². The lowest BCUT2D eigenvalue weighted by molar-refractivity contribution is 0.759. The molecule has 0 aliphatic rings. The molecule has 0 spiro atoms. The lowest BCUT2D eigenvalue weighted by Gasteiger charge is -2.18. The normalized spacial score (nSPS) is 10.7. The van der Waals surface area contributed by atoms with Crippen LogP contribution in [0.25, 0.3) is 0 Å². The minimum absolute atomic E-state index is 0. The number of benzene rings is 1. The first-order chi connectivity index (χ1) is 5.02. The molecular weight excluding hydrogens is 170 g/mol. The predicted molar refractivity (Wildman–Crippen MR) is 55.1 cm³/mol. The van der Waals surface area contributed by atoms with Gasteiger partial charge in [-0.05, 0) is 31.9 Å². The van der Waals surface area contributed by atoms with E-state index in [4.69, 9.17) is 11.6 Å². The molecule has 3 N–H and O–H groups in total. The van der Waals surface area contributed by atoms with E-state index in [-0.39, 0.29) is 11.0 Å². The molecule has 0 unspecified atom stereocenters. The number of alkyl halides is 1. The molecule has 1 rings (SSSR count). The monoisotopic (exact) mass is 185 g/mol. The number of aryl methyl sites for hydroxylation is 1. The molecule has 1 aromatic carbocycles. The van der Waals surface area contributed by atoms with Crippen LogP contribution in [-0.4, -0.2) is 0 Å². The lowest BCUT2D eigenvalue weighted by Crippen LogP contribution is -2.08. The largest absolute Gasteiger partial charge is 0.344 e. The zero-order valence-corrected chi connectivity index (χ0v) is 8.65. The van der Waals surface area contributed by atoms with Crippen LogP contribution in [0.5, 0.6) is 0 Å². The van der Waals surface area contributed by atoms with Crippen molar-refractivity contribution in [2.24, 2.45) is 0 Å². The average molecular weight is 186 g/mol. The van der Waals surface area contributed by atoms with Crippen LogP contribution in [0.2, 0.25) is 0 Å². The Morgan fingerprint density at radius 1 is 1.17 bits per heavy atom. The summed E-state index contributed by atoms with van der Waals surface area (Å²) in [5, 5.41) is 0. The zero-order valence-electron chi connectivity index (χ0n) is 7.89. The first kappa shape index (κ1) is 11.5. The fourth-order valence-corrected chi connectivity index (χ4v) is 1.45. The van der Waals surface area contributed by atoms with E-state index in [9.17, 15) is 0 Å². The van der Waals surface area contributed by atoms with Gasteiger partial charge in [-0.2, -0.15) is 0 Å². The maximum absolute atomic E-state index is 6.16. The fourth-order valence-electron chi connectivity index (χ4n) is 1.24. The Balaban J connectivity index is 0.00000121. The van der Waals surface area contributed by atoms with Crippen molar-refractivity contribution in [1.29, 1.82) is 0 Å². The summed E-state index contributed by atoms with van der Waals surface area (Å²) in [5.74, 6) is 0. The highest BCUT2D eigenvalue weighted by atomic mass is 35.5. The molecule has 0 saturated carbocycles. The van der Waals surface area contributed by atoms with Crippen molar-refractivity contribution in [2.45, 2.75) is 25.6 Å². The molecule has 0 amide bonds. The third-order valence-corrected chi connectivity index (χ3v) is 1.99. The summed E-state index contributed by atoms with van der Waals surface area (Å²) in [4.78, 5) is -0.245. The number of hydrogen-bond acceptors (Lipinski definition) is 1. The molecule has 2 heteroatoms. The Morgan fingerprint density at radius 2 is 1.67 bits per heavy atom. The fraction of sp³-hybridized carbons (Fsp3) is 0.400. The van der Waals surface area contributed by atoms with Gasteiger partial charge in [0.05, 0.1) is 4.87 Å². The van der Waals surface area contributed by atoms with Crippen LogP contribution in [0.3, 0.4) is 0 Å². The predicted octanol–water partition coefficient (Wildman–Crippen LogP) is 3.63. The van der Waals surface area contributed by atoms with Crippen molar-refractivity contribution in [3.63, 3.8) is 0 Å². The van der Waals surface area contributed by atoms with Crippen LogP contribution >= 0.6 is 11.6 Å². The third kappa shape index (κ3) is 2.50. The molecular formula is C10H16ClN. The van der Waals surface area contributed by atoms with Gasteiger partial charge in [0, 0.05) is 0 Å². The van der Waals surface area contributed by atoms with E-state index in [2.05, 4.69) is 19.1 Å². The van der Waals surface area contributed by atoms with Crippen LogP contribution in [-0.2, 0) is 4.87 Å². The van der Waals surface area contributed by atoms with Gasteiger partial charge in [0.1, 0.15) is 0 Å². The molecule has 1 nitrogen and oxygen atoms in total. The van der Waals surface area contributed by atoms with Crippen molar-refractivity contribution < 1.29 is 0 Å². The molecule has 68 valence electrons. The smallest absolute Gasteiger partial charge is 0.0641 e. The molecule has 0 fully saturated rings. The number of rotatable bonds is 1. The summed E-state index contributed by atoms with van der Waals surface area (Å²) in [7, 11) is 0. The van der Waals surface area contributed by atoms with Gasteiger partial charge in [-0.25, -0.2) is 0 Å². The number of halogens is 1. The van der Waals surface area contributed by atoms with Gasteiger partial charge < -0.3 is 6.15 Å². The molecule has 12 heavy (non-hydrogen) atoms. The molecule has 0 aliphatic heterocycles. The summed E-state index contributed by atoms with van der Waals surface area (Å²) in [6.07, 6.45) is 0. The van der Waals surface area contributed by atoms with Crippen molar-refractivity contribution in [3.8, 4) is 0 Å². The van der Waals surface area contributed by atoms with Crippen LogP contribution in [0.4, 0.5) is 0 Å². The second-order valence-corrected chi connectivity index (χ2v) is 4.23. The molecule has 0 aliphatic carbocycles. The van der Waals surface area contributed by atoms with E-state index in [1.54, 1.807) is 0 Å². The van der Waals surface area contributed by atoms with E-state index in [0.717, 1.165) is 0 Å². The first-order valence-electron chi connectivity index (χ1n) is 3.77. The Morgan fingerprint density at radius 3 is 2.00 bits per heavy atom. The second-order valence-electron chi connectivity index (χ2n) is 3.29. The summed E-state index contributed by atoms with van der Waals surface area (Å²) < 4.78 is 0. The van der Waals surface area contributed by atoms with Crippen LogP contribution < -0.4 is 6.15 Å². The molecule has 0 bridgehead atoms. The Labute approximate surface area is 79.3 Å². The molecule has 0 saturated heterocycles. The van der Waals surface area contributed by atoms with E-state index < -0.39 is 0 Å². The third-order valence-electron chi connectivity index (χ3n) is 1.79. The highest BCUT2D eigenvalue weighted by molar-refractivity contribution is 6.23. The van der Waals surface area contributed by atoms with E-state index >= 15 is 0 Å². The molecule has 1 aromatic rings. The molecule has 0 atom stereocenters. The summed E-state index contributed by atoms with van der Waals surface area (Å²) >= 11 is 6.16. The minimum Gasteiger partial charge on any atom is -0.344 e. The first-order valence-corrected chi connectivity index (χ1v) is 4.14. The van der Waals surface area contributed by atoms with Gasteiger partial charge in [0.25, 0.3) is 0 Å². The van der Waals surface area contributed by atoms with Gasteiger partial charge in [-0.15, -0.1) is 11.6 Å². The summed E-state index contributed by atoms with van der Waals surface area (Å²) in [6.45, 7) is 6.10. The van der Waals surface area contributed by atoms with Crippen LogP contribution in [0, 0.1) is 6.92 Å². The Hall–Kier alpha value is -0.530. The lowest BCUT2D eigenvalue weighted by atomic mass is 9.98. The van der Waals surface area contributed by atoms with Gasteiger partial charge in [0.2, 0.25) is 0 Å². The van der Waals surface area contributed by atoms with Crippen LogP contribution in [0.15, 0.2) is 24.3 Å². The SMILES string of the molecule is Cc1ccccc1C(C)(C)Cl.N. The molecule has 0 heterocycles. The highest BCUT2D eigenvalue weighted by Gasteiger charge is 2.17. The van der Waals surface area contributed by atoms with Gasteiger partial charge >= 0.3 is 0 Å². The highest BCUT2D eigenvalue weighted by Crippen LogP contribution is 2.29. The zero-order chi connectivity index (χ0) is 8.48. The maximum Gasteiger partial charge on any atom is 0.0641 e. The van der Waals surface area contributed by atoms with Crippen molar-refractivity contribution >= 4 is 11.6 Å². The van der Waals surface area contributed by atoms with Gasteiger partial charge in [-0.3, -0.25) is 0 Å². The summed E-state index contributed by atoms with van der Waals surface area (Å²) in [6, 6.07) is 8.20. The standard InChI is InChI=1S/C10H13Cl.H3N/c1-8-6-4-5-7-9(8)10(2,3)11;/h4-7H,1-3H3;1H3. The second kappa shape index (κ2) is 3.92. The number of hydrogen-bond donors (Lipinski definition) is 1. The van der Waals surface area contributed by atoms with Crippen LogP contribution in [0.1, 0.15) is 25.0 Å². The van der Waals surface area contributed by atoms with Crippen molar-refractivity contribution in [2.75, 3.05) is 0 Å².